The Balaban J connectivity index is 2.04. The summed E-state index contributed by atoms with van der Waals surface area (Å²) in [6, 6.07) is 2.68. The van der Waals surface area contributed by atoms with Gasteiger partial charge in [-0.05, 0) is 25.0 Å². The summed E-state index contributed by atoms with van der Waals surface area (Å²) in [5, 5.41) is 20.7. The van der Waals surface area contributed by atoms with Crippen molar-refractivity contribution in [3.05, 3.63) is 22.2 Å². The molecular formula is C12H11Cl2NO5. The lowest BCUT2D eigenvalue weighted by atomic mass is 10.2. The van der Waals surface area contributed by atoms with E-state index in [1.807, 2.05) is 0 Å². The summed E-state index contributed by atoms with van der Waals surface area (Å²) >= 11 is 11.5. The van der Waals surface area contributed by atoms with E-state index in [0.29, 0.717) is 12.1 Å². The number of hydrogen-bond acceptors (Lipinski definition) is 4. The van der Waals surface area contributed by atoms with Crippen LogP contribution in [-0.4, -0.2) is 34.3 Å². The number of amides is 1. The average Bonchev–Trinajstić information content (AvgIpc) is 2.85. The number of hydrogen-bond donors (Lipinski definition) is 3. The van der Waals surface area contributed by atoms with Gasteiger partial charge in [0, 0.05) is 5.69 Å². The van der Waals surface area contributed by atoms with E-state index < -0.39 is 24.1 Å². The second-order valence-electron chi connectivity index (χ2n) is 4.31. The van der Waals surface area contributed by atoms with E-state index in [2.05, 4.69) is 5.32 Å². The summed E-state index contributed by atoms with van der Waals surface area (Å²) in [6.07, 6.45) is -1.19. The van der Waals surface area contributed by atoms with Crippen molar-refractivity contribution in [1.82, 2.24) is 0 Å². The first-order valence-corrected chi connectivity index (χ1v) is 6.51. The van der Waals surface area contributed by atoms with E-state index >= 15 is 0 Å². The van der Waals surface area contributed by atoms with Gasteiger partial charge in [0.25, 0.3) is 5.91 Å². The monoisotopic (exact) mass is 319 g/mol. The number of aromatic hydroxyl groups is 1. The molecule has 0 aliphatic carbocycles. The van der Waals surface area contributed by atoms with Crippen molar-refractivity contribution in [2.45, 2.75) is 25.0 Å². The Hall–Kier alpha value is -1.50. The van der Waals surface area contributed by atoms with E-state index in [1.165, 1.54) is 12.1 Å². The fraction of sp³-hybridized carbons (Fsp3) is 0.333. The Morgan fingerprint density at radius 3 is 2.25 bits per heavy atom. The minimum Gasteiger partial charge on any atom is -0.505 e. The summed E-state index contributed by atoms with van der Waals surface area (Å²) in [7, 11) is 0. The molecule has 2 atom stereocenters. The van der Waals surface area contributed by atoms with Crippen molar-refractivity contribution in [1.29, 1.82) is 0 Å². The van der Waals surface area contributed by atoms with E-state index in [0.717, 1.165) is 0 Å². The number of phenolic OH excluding ortho intramolecular Hbond substituents is 1. The second kappa shape index (κ2) is 5.87. The van der Waals surface area contributed by atoms with Crippen molar-refractivity contribution in [2.24, 2.45) is 0 Å². The van der Waals surface area contributed by atoms with Gasteiger partial charge in [0.2, 0.25) is 0 Å². The van der Waals surface area contributed by atoms with Gasteiger partial charge in [0.15, 0.2) is 11.9 Å². The molecule has 8 heteroatoms. The van der Waals surface area contributed by atoms with E-state index in [4.69, 9.17) is 33.0 Å². The summed E-state index contributed by atoms with van der Waals surface area (Å²) in [5.74, 6) is -1.84. The predicted octanol–water partition coefficient (Wildman–Crippen LogP) is 2.27. The molecule has 1 aliphatic heterocycles. The molecule has 2 rings (SSSR count). The van der Waals surface area contributed by atoms with Crippen molar-refractivity contribution < 1.29 is 24.5 Å². The van der Waals surface area contributed by atoms with Gasteiger partial charge in [0.05, 0.1) is 10.0 Å². The molecule has 6 nitrogen and oxygen atoms in total. The third-order valence-corrected chi connectivity index (χ3v) is 3.45. The number of phenols is 1. The molecule has 0 aromatic heterocycles. The van der Waals surface area contributed by atoms with Crippen LogP contribution in [0.4, 0.5) is 5.69 Å². The highest BCUT2D eigenvalue weighted by molar-refractivity contribution is 6.37. The average molecular weight is 320 g/mol. The van der Waals surface area contributed by atoms with Gasteiger partial charge < -0.3 is 20.3 Å². The number of carboxylic acid groups (broad SMARTS) is 1. The molecule has 0 spiro atoms. The van der Waals surface area contributed by atoms with Crippen LogP contribution in [0.2, 0.25) is 10.0 Å². The Morgan fingerprint density at radius 2 is 1.75 bits per heavy atom. The number of anilines is 1. The van der Waals surface area contributed by atoms with Crippen LogP contribution in [0.3, 0.4) is 0 Å². The highest BCUT2D eigenvalue weighted by Crippen LogP contribution is 2.34. The van der Waals surface area contributed by atoms with Crippen molar-refractivity contribution >= 4 is 40.8 Å². The number of nitrogens with one attached hydrogen (secondary N) is 1. The number of ether oxygens (including phenoxy) is 1. The molecule has 0 bridgehead atoms. The number of carbonyl (C=O) groups excluding carboxylic acids is 1. The van der Waals surface area contributed by atoms with E-state index in [-0.39, 0.29) is 22.2 Å². The van der Waals surface area contributed by atoms with Gasteiger partial charge in [-0.3, -0.25) is 4.79 Å². The summed E-state index contributed by atoms with van der Waals surface area (Å²) < 4.78 is 5.11. The quantitative estimate of drug-likeness (QED) is 0.743. The molecule has 1 saturated heterocycles. The van der Waals surface area contributed by atoms with Gasteiger partial charge in [-0.1, -0.05) is 23.2 Å². The second-order valence-corrected chi connectivity index (χ2v) is 5.12. The van der Waals surface area contributed by atoms with Gasteiger partial charge in [-0.15, -0.1) is 0 Å². The maximum absolute atomic E-state index is 11.9. The fourth-order valence-electron chi connectivity index (χ4n) is 1.87. The number of aliphatic carboxylic acids is 1. The first-order valence-electron chi connectivity index (χ1n) is 5.75. The molecule has 0 saturated carbocycles. The van der Waals surface area contributed by atoms with Gasteiger partial charge in [-0.2, -0.15) is 0 Å². The van der Waals surface area contributed by atoms with Crippen LogP contribution in [0.25, 0.3) is 0 Å². The lowest BCUT2D eigenvalue weighted by Gasteiger charge is -2.12. The van der Waals surface area contributed by atoms with Gasteiger partial charge in [-0.25, -0.2) is 4.79 Å². The van der Waals surface area contributed by atoms with Crippen LogP contribution in [0.15, 0.2) is 12.1 Å². The molecule has 20 heavy (non-hydrogen) atoms. The zero-order valence-electron chi connectivity index (χ0n) is 10.1. The molecule has 0 radical (unpaired) electrons. The molecule has 3 N–H and O–H groups in total. The van der Waals surface area contributed by atoms with Crippen LogP contribution < -0.4 is 5.32 Å². The number of benzene rings is 1. The van der Waals surface area contributed by atoms with Crippen LogP contribution in [0, 0.1) is 0 Å². The highest BCUT2D eigenvalue weighted by atomic mass is 35.5. The SMILES string of the molecule is O=C(Nc1cc(Cl)c(O)c(Cl)c1)[C@@H]1CC[C@H](C(=O)O)O1. The minimum atomic E-state index is -1.09. The number of carbonyl (C=O) groups is 2. The molecule has 1 amide bonds. The highest BCUT2D eigenvalue weighted by Gasteiger charge is 2.34. The normalized spacial score (nSPS) is 21.7. The van der Waals surface area contributed by atoms with Crippen LogP contribution in [0.5, 0.6) is 5.75 Å². The van der Waals surface area contributed by atoms with Crippen molar-refractivity contribution in [2.75, 3.05) is 5.32 Å². The molecule has 1 fully saturated rings. The van der Waals surface area contributed by atoms with Crippen molar-refractivity contribution in [3.8, 4) is 5.75 Å². The zero-order chi connectivity index (χ0) is 14.9. The molecule has 1 heterocycles. The Morgan fingerprint density at radius 1 is 1.20 bits per heavy atom. The molecule has 1 aromatic rings. The van der Waals surface area contributed by atoms with Gasteiger partial charge >= 0.3 is 5.97 Å². The fourth-order valence-corrected chi connectivity index (χ4v) is 2.36. The summed E-state index contributed by atoms with van der Waals surface area (Å²) in [4.78, 5) is 22.6. The predicted molar refractivity (Wildman–Crippen MR) is 72.3 cm³/mol. The number of halogens is 2. The Bertz CT molecular complexity index is 540. The molecule has 1 aromatic carbocycles. The van der Waals surface area contributed by atoms with Crippen LogP contribution in [-0.2, 0) is 14.3 Å². The first-order chi connectivity index (χ1) is 9.38. The summed E-state index contributed by atoms with van der Waals surface area (Å²) in [6.45, 7) is 0. The summed E-state index contributed by atoms with van der Waals surface area (Å²) in [5.41, 5.74) is 0.296. The third kappa shape index (κ3) is 3.15. The van der Waals surface area contributed by atoms with Crippen LogP contribution >= 0.6 is 23.2 Å². The molecule has 0 unspecified atom stereocenters. The topological polar surface area (TPSA) is 95.9 Å². The number of carboxylic acids is 1. The zero-order valence-corrected chi connectivity index (χ0v) is 11.6. The molecule has 108 valence electrons. The smallest absolute Gasteiger partial charge is 0.332 e. The lowest BCUT2D eigenvalue weighted by molar-refractivity contribution is -0.150. The van der Waals surface area contributed by atoms with Crippen LogP contribution in [0.1, 0.15) is 12.8 Å². The number of rotatable bonds is 3. The third-order valence-electron chi connectivity index (χ3n) is 2.87. The first kappa shape index (κ1) is 14.9. The largest absolute Gasteiger partial charge is 0.505 e. The maximum Gasteiger partial charge on any atom is 0.332 e. The van der Waals surface area contributed by atoms with E-state index in [1.54, 1.807) is 0 Å². The van der Waals surface area contributed by atoms with Gasteiger partial charge in [0.1, 0.15) is 6.10 Å². The van der Waals surface area contributed by atoms with Crippen molar-refractivity contribution in [3.63, 3.8) is 0 Å². The Kier molecular flexibility index (Phi) is 4.37. The van der Waals surface area contributed by atoms with E-state index in [9.17, 15) is 14.7 Å². The Labute approximate surface area is 124 Å². The standard InChI is InChI=1S/C12H11Cl2NO5/c13-6-3-5(4-7(14)10(6)16)15-11(17)8-1-2-9(20-8)12(18)19/h3-4,8-9,16H,1-2H2,(H,15,17)(H,18,19)/t8-,9+/m0/s1. The lowest BCUT2D eigenvalue weighted by Crippen LogP contribution is -2.29. The minimum absolute atomic E-state index is 0.00329. The maximum atomic E-state index is 11.9. The molecule has 1 aliphatic rings. The molecular weight excluding hydrogens is 309 g/mol.